The van der Waals surface area contributed by atoms with E-state index in [0.29, 0.717) is 11.3 Å². The molecule has 0 unspecified atom stereocenters. The number of sulfone groups is 1. The fourth-order valence-corrected chi connectivity index (χ4v) is 3.55. The third-order valence-electron chi connectivity index (χ3n) is 2.65. The van der Waals surface area contributed by atoms with Gasteiger partial charge in [-0.25, -0.2) is 13.2 Å². The van der Waals surface area contributed by atoms with Crippen LogP contribution in [0, 0.1) is 0 Å². The zero-order chi connectivity index (χ0) is 13.0. The Morgan fingerprint density at radius 3 is 2.41 bits per heavy atom. The third-order valence-corrected chi connectivity index (χ3v) is 4.09. The van der Waals surface area contributed by atoms with Gasteiger partial charge in [-0.1, -0.05) is 0 Å². The first-order valence-electron chi connectivity index (χ1n) is 5.17. The van der Waals surface area contributed by atoms with Crippen molar-refractivity contribution < 1.29 is 18.3 Å². The molecule has 17 heavy (non-hydrogen) atoms. The molecule has 0 amide bonds. The standard InChI is InChI=1S/C10H14N2O4S/c1-10(2,3)12-7-5-17(15,16)4-6(7)8(11-12)9(13)14/h4-5H2,1-3H3,(H,13,14). The van der Waals surface area contributed by atoms with Crippen LogP contribution >= 0.6 is 0 Å². The van der Waals surface area contributed by atoms with E-state index in [1.807, 2.05) is 20.8 Å². The lowest BCUT2D eigenvalue weighted by Crippen LogP contribution is -2.26. The fourth-order valence-electron chi connectivity index (χ4n) is 1.99. The summed E-state index contributed by atoms with van der Waals surface area (Å²) >= 11 is 0. The number of aromatic carboxylic acids is 1. The van der Waals surface area contributed by atoms with Crippen LogP contribution < -0.4 is 0 Å². The predicted molar refractivity (Wildman–Crippen MR) is 60.5 cm³/mol. The number of hydrogen-bond acceptors (Lipinski definition) is 4. The Morgan fingerprint density at radius 2 is 1.94 bits per heavy atom. The minimum absolute atomic E-state index is 0.125. The van der Waals surface area contributed by atoms with Gasteiger partial charge in [0.1, 0.15) is 0 Å². The number of carboxylic acid groups (broad SMARTS) is 1. The summed E-state index contributed by atoms with van der Waals surface area (Å²) in [6.07, 6.45) is 0. The third kappa shape index (κ3) is 1.95. The molecule has 1 aromatic rings. The number of nitrogens with zero attached hydrogens (tertiary/aromatic N) is 2. The molecule has 1 aliphatic rings. The minimum atomic E-state index is -3.23. The summed E-state index contributed by atoms with van der Waals surface area (Å²) in [7, 11) is -3.23. The fraction of sp³-hybridized carbons (Fsp3) is 0.600. The molecule has 94 valence electrons. The van der Waals surface area contributed by atoms with Crippen LogP contribution in [0.4, 0.5) is 0 Å². The molecule has 0 saturated carbocycles. The number of carboxylic acids is 1. The molecule has 1 aliphatic heterocycles. The largest absolute Gasteiger partial charge is 0.476 e. The van der Waals surface area contributed by atoms with Crippen LogP contribution in [0.5, 0.6) is 0 Å². The summed E-state index contributed by atoms with van der Waals surface area (Å²) in [5, 5.41) is 13.0. The van der Waals surface area contributed by atoms with Crippen LogP contribution in [0.15, 0.2) is 0 Å². The van der Waals surface area contributed by atoms with E-state index in [0.717, 1.165) is 0 Å². The Bertz CT molecular complexity index is 593. The lowest BCUT2D eigenvalue weighted by molar-refractivity contribution is 0.0688. The lowest BCUT2D eigenvalue weighted by Gasteiger charge is -2.21. The van der Waals surface area contributed by atoms with Crippen LogP contribution in [0.2, 0.25) is 0 Å². The first-order valence-corrected chi connectivity index (χ1v) is 6.99. The van der Waals surface area contributed by atoms with Gasteiger partial charge in [-0.3, -0.25) is 4.68 Å². The van der Waals surface area contributed by atoms with Gasteiger partial charge in [0.15, 0.2) is 15.5 Å². The first kappa shape index (κ1) is 12.1. The Balaban J connectivity index is 2.68. The van der Waals surface area contributed by atoms with Gasteiger partial charge < -0.3 is 5.11 Å². The molecule has 0 aliphatic carbocycles. The van der Waals surface area contributed by atoms with Crippen molar-refractivity contribution in [1.29, 1.82) is 0 Å². The molecule has 1 N–H and O–H groups in total. The molecule has 0 atom stereocenters. The molecule has 0 radical (unpaired) electrons. The second kappa shape index (κ2) is 3.32. The van der Waals surface area contributed by atoms with Gasteiger partial charge in [-0.05, 0) is 20.8 Å². The highest BCUT2D eigenvalue weighted by atomic mass is 32.2. The van der Waals surface area contributed by atoms with E-state index >= 15 is 0 Å². The average Bonchev–Trinajstić information content (AvgIpc) is 2.54. The number of aromatic nitrogens is 2. The van der Waals surface area contributed by atoms with Gasteiger partial charge in [0.05, 0.1) is 22.7 Å². The SMILES string of the molecule is CC(C)(C)n1nc(C(=O)O)c2c1CS(=O)(=O)C2. The van der Waals surface area contributed by atoms with Gasteiger partial charge in [0.2, 0.25) is 0 Å². The van der Waals surface area contributed by atoms with Crippen LogP contribution in [-0.2, 0) is 26.9 Å². The molecule has 1 aromatic heterocycles. The Morgan fingerprint density at radius 1 is 1.35 bits per heavy atom. The predicted octanol–water partition coefficient (Wildman–Crippen LogP) is 0.765. The van der Waals surface area contributed by atoms with E-state index in [9.17, 15) is 13.2 Å². The number of rotatable bonds is 1. The average molecular weight is 258 g/mol. The normalized spacial score (nSPS) is 18.1. The van der Waals surface area contributed by atoms with Crippen molar-refractivity contribution in [1.82, 2.24) is 9.78 Å². The minimum Gasteiger partial charge on any atom is -0.476 e. The maximum Gasteiger partial charge on any atom is 0.356 e. The number of carbonyl (C=O) groups is 1. The summed E-state index contributed by atoms with van der Waals surface area (Å²) < 4.78 is 24.6. The van der Waals surface area contributed by atoms with Crippen LogP contribution in [0.25, 0.3) is 0 Å². The number of fused-ring (bicyclic) bond motifs is 1. The van der Waals surface area contributed by atoms with E-state index in [4.69, 9.17) is 5.11 Å². The summed E-state index contributed by atoms with van der Waals surface area (Å²) in [6.45, 7) is 5.57. The quantitative estimate of drug-likeness (QED) is 0.803. The maximum absolute atomic E-state index is 11.6. The van der Waals surface area contributed by atoms with Crippen molar-refractivity contribution in [3.8, 4) is 0 Å². The van der Waals surface area contributed by atoms with E-state index in [1.165, 1.54) is 4.68 Å². The van der Waals surface area contributed by atoms with Crippen LogP contribution in [-0.4, -0.2) is 29.3 Å². The van der Waals surface area contributed by atoms with Gasteiger partial charge in [0.25, 0.3) is 0 Å². The summed E-state index contributed by atoms with van der Waals surface area (Å²) in [5.74, 6) is -1.53. The first-order chi connectivity index (χ1) is 7.62. The van der Waals surface area contributed by atoms with E-state index in [1.54, 1.807) is 0 Å². The van der Waals surface area contributed by atoms with Crippen molar-refractivity contribution >= 4 is 15.8 Å². The Labute approximate surface area is 99.2 Å². The van der Waals surface area contributed by atoms with Crippen LogP contribution in [0.3, 0.4) is 0 Å². The van der Waals surface area contributed by atoms with Gasteiger partial charge >= 0.3 is 5.97 Å². The molecule has 0 bridgehead atoms. The highest BCUT2D eigenvalue weighted by Gasteiger charge is 2.37. The molecular weight excluding hydrogens is 244 g/mol. The molecule has 2 heterocycles. The zero-order valence-corrected chi connectivity index (χ0v) is 10.7. The summed E-state index contributed by atoms with van der Waals surface area (Å²) in [6, 6.07) is 0. The number of hydrogen-bond donors (Lipinski definition) is 1. The highest BCUT2D eigenvalue weighted by molar-refractivity contribution is 7.90. The molecule has 0 spiro atoms. The molecule has 0 saturated heterocycles. The lowest BCUT2D eigenvalue weighted by atomic mass is 10.1. The second-order valence-corrected chi connectivity index (χ2v) is 7.26. The summed E-state index contributed by atoms with van der Waals surface area (Å²) in [4.78, 5) is 11.0. The Kier molecular flexibility index (Phi) is 2.36. The smallest absolute Gasteiger partial charge is 0.356 e. The molecule has 7 heteroatoms. The van der Waals surface area contributed by atoms with Gasteiger partial charge in [-0.2, -0.15) is 5.10 Å². The molecule has 0 fully saturated rings. The van der Waals surface area contributed by atoms with Crippen molar-refractivity contribution in [2.45, 2.75) is 37.8 Å². The van der Waals surface area contributed by atoms with Crippen molar-refractivity contribution in [3.05, 3.63) is 17.0 Å². The van der Waals surface area contributed by atoms with Crippen LogP contribution in [0.1, 0.15) is 42.5 Å². The van der Waals surface area contributed by atoms with Crippen molar-refractivity contribution in [3.63, 3.8) is 0 Å². The van der Waals surface area contributed by atoms with E-state index < -0.39 is 21.3 Å². The van der Waals surface area contributed by atoms with Crippen molar-refractivity contribution in [2.75, 3.05) is 0 Å². The topological polar surface area (TPSA) is 89.3 Å². The van der Waals surface area contributed by atoms with E-state index in [2.05, 4.69) is 5.10 Å². The molecule has 2 rings (SSSR count). The van der Waals surface area contributed by atoms with Crippen molar-refractivity contribution in [2.24, 2.45) is 0 Å². The van der Waals surface area contributed by atoms with E-state index in [-0.39, 0.29) is 17.2 Å². The Hall–Kier alpha value is -1.37. The molecule has 6 nitrogen and oxygen atoms in total. The monoisotopic (exact) mass is 258 g/mol. The highest BCUT2D eigenvalue weighted by Crippen LogP contribution is 2.31. The summed E-state index contributed by atoms with van der Waals surface area (Å²) in [5.41, 5.74) is 0.274. The molecule has 0 aromatic carbocycles. The second-order valence-electron chi connectivity index (χ2n) is 5.19. The van der Waals surface area contributed by atoms with Gasteiger partial charge in [0, 0.05) is 5.56 Å². The van der Waals surface area contributed by atoms with Gasteiger partial charge in [-0.15, -0.1) is 0 Å². The zero-order valence-electron chi connectivity index (χ0n) is 9.89. The maximum atomic E-state index is 11.6. The molecular formula is C10H14N2O4S.